The number of nitrogens with two attached hydrogens (primary N) is 1. The fourth-order valence-electron chi connectivity index (χ4n) is 7.18. The lowest BCUT2D eigenvalue weighted by molar-refractivity contribution is -0.199. The van der Waals surface area contributed by atoms with Crippen LogP contribution in [0.4, 0.5) is 4.39 Å². The van der Waals surface area contributed by atoms with Gasteiger partial charge in [-0.05, 0) is 72.6 Å². The molecule has 4 N–H and O–H groups in total. The first-order valence-corrected chi connectivity index (χ1v) is 14.9. The van der Waals surface area contributed by atoms with E-state index in [0.717, 1.165) is 24.0 Å². The highest BCUT2D eigenvalue weighted by molar-refractivity contribution is 6.47. The summed E-state index contributed by atoms with van der Waals surface area (Å²) < 4.78 is 26.6. The minimum absolute atomic E-state index is 0.0260. The molecule has 1 aliphatic heterocycles. The van der Waals surface area contributed by atoms with Crippen molar-refractivity contribution in [3.05, 3.63) is 71.5 Å². The zero-order chi connectivity index (χ0) is 29.5. The summed E-state index contributed by atoms with van der Waals surface area (Å²) in [5, 5.41) is 6.08. The van der Waals surface area contributed by atoms with Gasteiger partial charge in [-0.1, -0.05) is 76.6 Å². The smallest absolute Gasteiger partial charge is 0.404 e. The number of amides is 2. The Morgan fingerprint density at radius 1 is 1.05 bits per heavy atom. The van der Waals surface area contributed by atoms with E-state index in [0.29, 0.717) is 18.3 Å². The Labute approximate surface area is 243 Å². The van der Waals surface area contributed by atoms with Crippen molar-refractivity contribution in [1.29, 1.82) is 0 Å². The van der Waals surface area contributed by atoms with Gasteiger partial charge in [0.05, 0.1) is 23.7 Å². The third-order valence-electron chi connectivity index (χ3n) is 10.2. The van der Waals surface area contributed by atoms with Gasteiger partial charge in [0, 0.05) is 0 Å². The van der Waals surface area contributed by atoms with Crippen LogP contribution in [0.1, 0.15) is 70.9 Å². The second-order valence-electron chi connectivity index (χ2n) is 13.0. The van der Waals surface area contributed by atoms with Gasteiger partial charge in [-0.2, -0.15) is 0 Å². The molecule has 0 spiro atoms. The van der Waals surface area contributed by atoms with Crippen LogP contribution in [0.15, 0.2) is 54.6 Å². The van der Waals surface area contributed by atoms with Gasteiger partial charge in [-0.3, -0.25) is 9.59 Å². The molecule has 3 saturated carbocycles. The van der Waals surface area contributed by atoms with Gasteiger partial charge in [-0.25, -0.2) is 4.39 Å². The molecule has 2 amide bonds. The Hall–Kier alpha value is -2.75. The number of rotatable bonds is 10. The van der Waals surface area contributed by atoms with Crippen LogP contribution in [0.5, 0.6) is 0 Å². The van der Waals surface area contributed by atoms with E-state index in [1.54, 1.807) is 12.1 Å². The minimum Gasteiger partial charge on any atom is -0.404 e. The molecule has 0 aromatic heterocycles. The Morgan fingerprint density at radius 3 is 2.37 bits per heavy atom. The summed E-state index contributed by atoms with van der Waals surface area (Å²) in [5.41, 5.74) is 7.62. The van der Waals surface area contributed by atoms with Crippen LogP contribution < -0.4 is 16.4 Å². The van der Waals surface area contributed by atoms with E-state index < -0.39 is 36.7 Å². The van der Waals surface area contributed by atoms with Gasteiger partial charge < -0.3 is 25.7 Å². The van der Waals surface area contributed by atoms with Gasteiger partial charge in [0.25, 0.3) is 0 Å². The van der Waals surface area contributed by atoms with Crippen molar-refractivity contribution in [2.45, 2.75) is 90.0 Å². The Kier molecular flexibility index (Phi) is 8.34. The van der Waals surface area contributed by atoms with Crippen molar-refractivity contribution < 1.29 is 23.3 Å². The van der Waals surface area contributed by atoms with E-state index in [1.165, 1.54) is 12.1 Å². The van der Waals surface area contributed by atoms with Crippen molar-refractivity contribution >= 4 is 18.9 Å². The van der Waals surface area contributed by atoms with Crippen LogP contribution in [0.3, 0.4) is 0 Å². The van der Waals surface area contributed by atoms with Crippen molar-refractivity contribution in [2.24, 2.45) is 28.9 Å². The van der Waals surface area contributed by atoms with Crippen molar-refractivity contribution in [2.75, 3.05) is 0 Å². The fourth-order valence-corrected chi connectivity index (χ4v) is 7.18. The number of hydrogen-bond acceptors (Lipinski definition) is 5. The molecule has 6 rings (SSSR count). The summed E-state index contributed by atoms with van der Waals surface area (Å²) in [6.45, 7) is 10.7. The summed E-state index contributed by atoms with van der Waals surface area (Å²) in [7, 11) is -0.652. The van der Waals surface area contributed by atoms with Crippen molar-refractivity contribution in [1.82, 2.24) is 10.6 Å². The highest BCUT2D eigenvalue weighted by atomic mass is 19.1. The standard InChI is InChI=1S/C32H43BFN3O4/c1-6-19(2)27(36-29(38)24(35)16-20-12-14-23(34)15-13-20)30(39)37-28(21-10-8-7-9-11-21)33-40-26-18-22-17-25(31(22,3)4)32(26,5)41-33/h7-15,19,22,24-28H,6,16-18,35H2,1-5H3,(H,36,38)(H,37,39)/t19?,22-,24-,25-,26+,27+,28+,32-/m1/s1. The van der Waals surface area contributed by atoms with E-state index in [1.807, 2.05) is 44.2 Å². The Bertz CT molecular complexity index is 1250. The molecule has 9 heteroatoms. The monoisotopic (exact) mass is 563 g/mol. The minimum atomic E-state index is -0.885. The molecule has 2 aromatic carbocycles. The molecule has 8 atom stereocenters. The first-order chi connectivity index (χ1) is 19.4. The molecule has 0 radical (unpaired) electrons. The summed E-state index contributed by atoms with van der Waals surface area (Å²) in [6, 6.07) is 13.9. The predicted molar refractivity (Wildman–Crippen MR) is 157 cm³/mol. The van der Waals surface area contributed by atoms with Crippen LogP contribution in [-0.4, -0.2) is 42.7 Å². The molecule has 4 aliphatic rings. The van der Waals surface area contributed by atoms with Gasteiger partial charge in [0.1, 0.15) is 11.9 Å². The molecule has 2 aromatic rings. The molecular weight excluding hydrogens is 520 g/mol. The van der Waals surface area contributed by atoms with Crippen LogP contribution in [0.2, 0.25) is 0 Å². The molecule has 7 nitrogen and oxygen atoms in total. The van der Waals surface area contributed by atoms with E-state index in [-0.39, 0.29) is 35.6 Å². The summed E-state index contributed by atoms with van der Waals surface area (Å²) in [5.74, 6) is -0.785. The zero-order valence-electron chi connectivity index (χ0n) is 24.7. The SMILES string of the molecule is CCC(C)[C@H](NC(=O)[C@H](N)Cc1ccc(F)cc1)C(=O)N[C@H](B1O[C@H]2C[C@H]3C[C@H](C3(C)C)[C@@]2(C)O1)c1ccccc1. The molecule has 41 heavy (non-hydrogen) atoms. The molecule has 220 valence electrons. The lowest BCUT2D eigenvalue weighted by Gasteiger charge is -2.64. The number of carbonyl (C=O) groups excluding carboxylic acids is 2. The molecule has 1 saturated heterocycles. The maximum absolute atomic E-state index is 13.9. The van der Waals surface area contributed by atoms with Crippen molar-refractivity contribution in [3.63, 3.8) is 0 Å². The Balaban J connectivity index is 1.32. The van der Waals surface area contributed by atoms with E-state index in [9.17, 15) is 14.0 Å². The normalized spacial score (nSPS) is 29.0. The maximum Gasteiger partial charge on any atom is 0.486 e. The number of hydrogen-bond donors (Lipinski definition) is 3. The topological polar surface area (TPSA) is 103 Å². The first kappa shape index (κ1) is 29.7. The first-order valence-electron chi connectivity index (χ1n) is 14.9. The van der Waals surface area contributed by atoms with Gasteiger partial charge in [-0.15, -0.1) is 0 Å². The van der Waals surface area contributed by atoms with Gasteiger partial charge in [0.15, 0.2) is 0 Å². The molecule has 3 aliphatic carbocycles. The number of benzene rings is 2. The number of nitrogens with one attached hydrogen (secondary N) is 2. The maximum atomic E-state index is 13.9. The van der Waals surface area contributed by atoms with Crippen LogP contribution in [-0.2, 0) is 25.3 Å². The van der Waals surface area contributed by atoms with Gasteiger partial charge >= 0.3 is 7.12 Å². The van der Waals surface area contributed by atoms with E-state index >= 15 is 0 Å². The molecule has 2 bridgehead atoms. The van der Waals surface area contributed by atoms with Crippen LogP contribution >= 0.6 is 0 Å². The zero-order valence-corrected chi connectivity index (χ0v) is 24.7. The molecule has 4 fully saturated rings. The summed E-state index contributed by atoms with van der Waals surface area (Å²) in [6.07, 6.45) is 2.97. The Morgan fingerprint density at radius 2 is 1.73 bits per heavy atom. The quantitative estimate of drug-likeness (QED) is 0.373. The largest absolute Gasteiger partial charge is 0.486 e. The number of carbonyl (C=O) groups is 2. The lowest BCUT2D eigenvalue weighted by atomic mass is 9.43. The molecule has 1 heterocycles. The third kappa shape index (κ3) is 5.68. The van der Waals surface area contributed by atoms with Crippen LogP contribution in [0.25, 0.3) is 0 Å². The van der Waals surface area contributed by atoms with Crippen molar-refractivity contribution in [3.8, 4) is 0 Å². The number of halogens is 1. The van der Waals surface area contributed by atoms with Gasteiger partial charge in [0.2, 0.25) is 11.8 Å². The lowest BCUT2D eigenvalue weighted by Crippen LogP contribution is -2.65. The fraction of sp³-hybridized carbons (Fsp3) is 0.562. The van der Waals surface area contributed by atoms with E-state index in [4.69, 9.17) is 15.0 Å². The summed E-state index contributed by atoms with van der Waals surface area (Å²) in [4.78, 5) is 27.0. The second kappa shape index (κ2) is 11.5. The average Bonchev–Trinajstić information content (AvgIpc) is 3.32. The summed E-state index contributed by atoms with van der Waals surface area (Å²) >= 11 is 0. The molecular formula is C32H43BFN3O4. The third-order valence-corrected chi connectivity index (χ3v) is 10.2. The average molecular weight is 564 g/mol. The highest BCUT2D eigenvalue weighted by Gasteiger charge is 2.68. The van der Waals surface area contributed by atoms with E-state index in [2.05, 4.69) is 31.4 Å². The van der Waals surface area contributed by atoms with Crippen LogP contribution in [0, 0.1) is 29.0 Å². The second-order valence-corrected chi connectivity index (χ2v) is 13.0. The predicted octanol–water partition coefficient (Wildman–Crippen LogP) is 4.35. The molecule has 1 unspecified atom stereocenters. The highest BCUT2D eigenvalue weighted by Crippen LogP contribution is 2.66.